The molecule has 3 heteroatoms. The average molecular weight is 745 g/mol. The molecule has 6 rings (SSSR count). The predicted molar refractivity (Wildman–Crippen MR) is 239 cm³/mol. The second-order valence-electron chi connectivity index (χ2n) is 17.0. The summed E-state index contributed by atoms with van der Waals surface area (Å²) < 4.78 is 0. The molecular formula is C48H75P3+2. The van der Waals surface area contributed by atoms with Crippen molar-refractivity contribution < 1.29 is 0 Å². The molecule has 0 nitrogen and oxygen atoms in total. The zero-order valence-electron chi connectivity index (χ0n) is 33.2. The summed E-state index contributed by atoms with van der Waals surface area (Å²) in [4.78, 5) is 0. The number of benzene rings is 3. The first-order valence-corrected chi connectivity index (χ1v) is 30.1. The average Bonchev–Trinajstić information content (AvgIpc) is 3.22. The second kappa shape index (κ2) is 18.5. The Labute approximate surface area is 316 Å². The first kappa shape index (κ1) is 39.6. The van der Waals surface area contributed by atoms with Gasteiger partial charge in [0.25, 0.3) is 0 Å². The molecule has 0 heterocycles. The molecule has 0 aliphatic heterocycles. The van der Waals surface area contributed by atoms with Gasteiger partial charge < -0.3 is 0 Å². The Morgan fingerprint density at radius 3 is 0.941 bits per heavy atom. The van der Waals surface area contributed by atoms with Gasteiger partial charge in [-0.3, -0.25) is 0 Å². The van der Waals surface area contributed by atoms with Crippen LogP contribution in [0, 0.1) is 0 Å². The molecule has 0 unspecified atom stereocenters. The molecule has 3 aliphatic carbocycles. The summed E-state index contributed by atoms with van der Waals surface area (Å²) in [6, 6.07) is 39.1. The van der Waals surface area contributed by atoms with Crippen LogP contribution in [0.15, 0.2) is 91.0 Å². The summed E-state index contributed by atoms with van der Waals surface area (Å²) in [6.45, 7) is 4.00. The minimum absolute atomic E-state index is 0.917. The summed E-state index contributed by atoms with van der Waals surface area (Å²) >= 11 is 0. The molecule has 0 saturated heterocycles. The van der Waals surface area contributed by atoms with E-state index in [1.807, 2.05) is 15.9 Å². The van der Waals surface area contributed by atoms with Crippen molar-refractivity contribution in [3.63, 3.8) is 0 Å². The third-order valence-electron chi connectivity index (χ3n) is 14.5. The van der Waals surface area contributed by atoms with Crippen molar-refractivity contribution in [2.45, 2.75) is 173 Å². The van der Waals surface area contributed by atoms with E-state index in [4.69, 9.17) is 0 Å². The Balaban J connectivity index is 1.99. The van der Waals surface area contributed by atoms with Crippen LogP contribution in [0.3, 0.4) is 0 Å². The maximum atomic E-state index is 2.81. The monoisotopic (exact) mass is 745 g/mol. The van der Waals surface area contributed by atoms with E-state index in [1.54, 1.807) is 0 Å². The third kappa shape index (κ3) is 6.59. The standard InChI is InChI=1S/C48H75P3/c1-4-7-40-49(41-8-5-2,42-9-6-3)51(46-34-22-13-23-35-46,47-36-24-14-25-37-47,48-38-26-15-27-39-48)50(43-28-16-10-17-29-43,44-30-18-11-19-31-44)45-32-20-12-21-33-45/h13-15,22-27,34-39,43-45H,4-12,16-21,28-33,40-42H2,1-3H3/q+2. The molecule has 0 spiro atoms. The summed E-state index contributed by atoms with van der Waals surface area (Å²) in [5, 5.41) is 5.65. The van der Waals surface area contributed by atoms with E-state index in [-0.39, 0.29) is 0 Å². The Morgan fingerprint density at radius 1 is 0.412 bits per heavy atom. The number of hydrogen-bond acceptors (Lipinski definition) is 0. The quantitative estimate of drug-likeness (QED) is 0.121. The van der Waals surface area contributed by atoms with Crippen molar-refractivity contribution in [2.24, 2.45) is 0 Å². The number of rotatable bonds is 17. The van der Waals surface area contributed by atoms with E-state index >= 15 is 0 Å². The van der Waals surface area contributed by atoms with Gasteiger partial charge in [0.05, 0.1) is 0 Å². The SMILES string of the molecule is CCCC[P+](CCCC)(CCCC)P(c1ccccc1)(c1ccccc1)(c1ccccc1)[P+](C1CCCCC1)(C1CCCCC1)C1CCCCC1. The molecule has 0 bridgehead atoms. The van der Waals surface area contributed by atoms with Gasteiger partial charge in [-0.1, -0.05) is 0 Å². The molecular weight excluding hydrogens is 669 g/mol. The molecule has 3 aliphatic rings. The van der Waals surface area contributed by atoms with Gasteiger partial charge in [-0.25, -0.2) is 0 Å². The maximum absolute atomic E-state index is 3.27. The van der Waals surface area contributed by atoms with Crippen molar-refractivity contribution in [1.82, 2.24) is 0 Å². The van der Waals surface area contributed by atoms with Gasteiger partial charge in [0.15, 0.2) is 0 Å². The van der Waals surface area contributed by atoms with E-state index in [9.17, 15) is 0 Å². The summed E-state index contributed by atoms with van der Waals surface area (Å²) in [5.41, 5.74) is 2.75. The van der Waals surface area contributed by atoms with E-state index in [1.165, 1.54) is 153 Å². The zero-order chi connectivity index (χ0) is 35.5. The fraction of sp³-hybridized carbons (Fsp3) is 0.625. The molecule has 3 fully saturated rings. The minimum atomic E-state index is -3.27. The van der Waals surface area contributed by atoms with Crippen molar-refractivity contribution in [3.8, 4) is 0 Å². The fourth-order valence-corrected chi connectivity index (χ4v) is 68.3. The van der Waals surface area contributed by atoms with Crippen LogP contribution in [0.2, 0.25) is 0 Å². The van der Waals surface area contributed by atoms with Crippen LogP contribution < -0.4 is 15.9 Å². The zero-order valence-corrected chi connectivity index (χ0v) is 35.9. The molecule has 3 aromatic carbocycles. The molecule has 0 radical (unpaired) electrons. The molecule has 51 heavy (non-hydrogen) atoms. The molecule has 0 aromatic heterocycles. The summed E-state index contributed by atoms with van der Waals surface area (Å²) in [6.07, 6.45) is 35.0. The number of hydrogen-bond donors (Lipinski definition) is 0. The van der Waals surface area contributed by atoms with E-state index in [2.05, 4.69) is 112 Å². The first-order chi connectivity index (χ1) is 25.2. The molecule has 280 valence electrons. The van der Waals surface area contributed by atoms with Crippen LogP contribution in [0.25, 0.3) is 0 Å². The van der Waals surface area contributed by atoms with Crippen molar-refractivity contribution in [1.29, 1.82) is 0 Å². The van der Waals surface area contributed by atoms with Crippen LogP contribution >= 0.6 is 19.9 Å². The third-order valence-corrected chi connectivity index (χ3v) is 53.9. The van der Waals surface area contributed by atoms with E-state index < -0.39 is 19.9 Å². The normalized spacial score (nSPS) is 19.8. The summed E-state index contributed by atoms with van der Waals surface area (Å²) in [5.74, 6) is -3.27. The van der Waals surface area contributed by atoms with Gasteiger partial charge in [-0.05, 0) is 0 Å². The van der Waals surface area contributed by atoms with Gasteiger partial charge in [0, 0.05) is 0 Å². The van der Waals surface area contributed by atoms with Crippen molar-refractivity contribution in [3.05, 3.63) is 91.0 Å². The Bertz CT molecular complexity index is 1250. The molecule has 3 saturated carbocycles. The topological polar surface area (TPSA) is 0 Å². The van der Waals surface area contributed by atoms with Crippen molar-refractivity contribution >= 4 is 35.8 Å². The van der Waals surface area contributed by atoms with E-state index in [0.29, 0.717) is 0 Å². The van der Waals surface area contributed by atoms with Crippen LogP contribution in [0.5, 0.6) is 0 Å². The van der Waals surface area contributed by atoms with Gasteiger partial charge >= 0.3 is 318 Å². The molecule has 0 amide bonds. The Kier molecular flexibility index (Phi) is 14.4. The van der Waals surface area contributed by atoms with Gasteiger partial charge in [0.2, 0.25) is 0 Å². The van der Waals surface area contributed by atoms with Gasteiger partial charge in [-0.15, -0.1) is 0 Å². The van der Waals surface area contributed by atoms with Crippen LogP contribution in [0.4, 0.5) is 0 Å². The predicted octanol–water partition coefficient (Wildman–Crippen LogP) is 14.8. The van der Waals surface area contributed by atoms with Crippen LogP contribution in [-0.2, 0) is 0 Å². The molecule has 0 atom stereocenters. The van der Waals surface area contributed by atoms with E-state index in [0.717, 1.165) is 17.0 Å². The van der Waals surface area contributed by atoms with Gasteiger partial charge in [0.1, 0.15) is 0 Å². The Hall–Kier alpha value is -1.05. The number of unbranched alkanes of at least 4 members (excludes halogenated alkanes) is 3. The Morgan fingerprint density at radius 2 is 0.686 bits per heavy atom. The van der Waals surface area contributed by atoms with Crippen LogP contribution in [-0.4, -0.2) is 35.5 Å². The fourth-order valence-electron chi connectivity index (χ4n) is 12.9. The molecule has 0 N–H and O–H groups in total. The van der Waals surface area contributed by atoms with Crippen molar-refractivity contribution in [2.75, 3.05) is 18.5 Å². The molecule has 3 aromatic rings. The second-order valence-corrected chi connectivity index (χ2v) is 38.3. The summed E-state index contributed by atoms with van der Waals surface area (Å²) in [7, 11) is 0. The van der Waals surface area contributed by atoms with Gasteiger partial charge in [-0.2, -0.15) is 0 Å². The van der Waals surface area contributed by atoms with Crippen LogP contribution in [0.1, 0.15) is 156 Å². The first-order valence-electron chi connectivity index (χ1n) is 22.1.